The fraction of sp³-hybridized carbons (Fsp3) is 0.217. The van der Waals surface area contributed by atoms with Crippen LogP contribution in [0.5, 0.6) is 0 Å². The van der Waals surface area contributed by atoms with E-state index >= 15 is 0 Å². The maximum Gasteiger partial charge on any atom is 0.349 e. The normalized spacial score (nSPS) is 14.1. The Hall–Kier alpha value is -4.12. The minimum atomic E-state index is -1.18. The lowest BCUT2D eigenvalue weighted by molar-refractivity contribution is -0.149. The van der Waals surface area contributed by atoms with Gasteiger partial charge in [0.15, 0.2) is 6.10 Å². The second-order valence-electron chi connectivity index (χ2n) is 7.19. The number of carbonyl (C=O) groups is 3. The molecule has 0 aromatic heterocycles. The van der Waals surface area contributed by atoms with E-state index in [-0.39, 0.29) is 18.0 Å². The largest absolute Gasteiger partial charge is 0.448 e. The summed E-state index contributed by atoms with van der Waals surface area (Å²) in [5.74, 6) is -1.80. The SMILES string of the molecule is C[C@@H](OC(=O)/C(C#N)=C/c1ccc(N(C)C)cc1)C(=O)N1CC(=O)Nc2ccccc21. The zero-order valence-electron chi connectivity index (χ0n) is 17.5. The molecule has 0 aliphatic carbocycles. The number of carbonyl (C=O) groups excluding carboxylic acids is 3. The number of nitrogens with zero attached hydrogens (tertiary/aromatic N) is 3. The number of fused-ring (bicyclic) bond motifs is 1. The lowest BCUT2D eigenvalue weighted by Crippen LogP contribution is -2.47. The first-order valence-corrected chi connectivity index (χ1v) is 9.60. The second kappa shape index (κ2) is 9.13. The Morgan fingerprint density at radius 3 is 2.52 bits per heavy atom. The van der Waals surface area contributed by atoms with Crippen molar-refractivity contribution in [3.63, 3.8) is 0 Å². The molecule has 1 aliphatic heterocycles. The van der Waals surface area contributed by atoms with Gasteiger partial charge in [0.05, 0.1) is 11.4 Å². The first kappa shape index (κ1) is 21.6. The van der Waals surface area contributed by atoms with Gasteiger partial charge in [0.1, 0.15) is 18.2 Å². The van der Waals surface area contributed by atoms with Gasteiger partial charge < -0.3 is 15.0 Å². The molecule has 1 N–H and O–H groups in total. The molecule has 1 heterocycles. The standard InChI is InChI=1S/C23H22N4O4/c1-15(22(29)27-14-21(28)25-19-6-4-5-7-20(19)27)31-23(30)17(13-24)12-16-8-10-18(11-9-16)26(2)3/h4-12,15H,14H2,1-3H3,(H,25,28)/b17-12+/t15-/m1/s1. The topological polar surface area (TPSA) is 103 Å². The van der Waals surface area contributed by atoms with Crippen molar-refractivity contribution < 1.29 is 19.1 Å². The van der Waals surface area contributed by atoms with Crippen molar-refractivity contribution >= 4 is 40.9 Å². The minimum Gasteiger partial charge on any atom is -0.448 e. The highest BCUT2D eigenvalue weighted by molar-refractivity contribution is 6.11. The van der Waals surface area contributed by atoms with Crippen LogP contribution in [0.4, 0.5) is 17.1 Å². The maximum atomic E-state index is 12.9. The summed E-state index contributed by atoms with van der Waals surface area (Å²) in [6, 6.07) is 15.9. The molecule has 0 bridgehead atoms. The van der Waals surface area contributed by atoms with Crippen LogP contribution in [-0.4, -0.2) is 44.5 Å². The summed E-state index contributed by atoms with van der Waals surface area (Å²) < 4.78 is 5.24. The average molecular weight is 418 g/mol. The van der Waals surface area contributed by atoms with Gasteiger partial charge in [-0.2, -0.15) is 5.26 Å². The van der Waals surface area contributed by atoms with Gasteiger partial charge in [0, 0.05) is 19.8 Å². The van der Waals surface area contributed by atoms with Crippen LogP contribution in [0.1, 0.15) is 12.5 Å². The molecule has 0 fully saturated rings. The van der Waals surface area contributed by atoms with E-state index in [9.17, 15) is 19.6 Å². The monoisotopic (exact) mass is 418 g/mol. The highest BCUT2D eigenvalue weighted by Gasteiger charge is 2.31. The molecule has 8 heteroatoms. The molecule has 2 amide bonds. The Balaban J connectivity index is 1.74. The van der Waals surface area contributed by atoms with Crippen molar-refractivity contribution in [2.75, 3.05) is 35.8 Å². The van der Waals surface area contributed by atoms with Crippen molar-refractivity contribution in [3.05, 3.63) is 59.7 Å². The summed E-state index contributed by atoms with van der Waals surface area (Å²) in [5, 5.41) is 12.1. The molecule has 31 heavy (non-hydrogen) atoms. The smallest absolute Gasteiger partial charge is 0.349 e. The molecule has 0 radical (unpaired) electrons. The summed E-state index contributed by atoms with van der Waals surface area (Å²) in [6.45, 7) is 1.23. The van der Waals surface area contributed by atoms with Crippen LogP contribution in [0.25, 0.3) is 6.08 Å². The van der Waals surface area contributed by atoms with Gasteiger partial charge in [0.25, 0.3) is 5.91 Å². The number of benzene rings is 2. The fourth-order valence-electron chi connectivity index (χ4n) is 3.10. The van der Waals surface area contributed by atoms with Crippen LogP contribution in [0, 0.1) is 11.3 Å². The molecule has 8 nitrogen and oxygen atoms in total. The Morgan fingerprint density at radius 1 is 1.19 bits per heavy atom. The predicted octanol–water partition coefficient (Wildman–Crippen LogP) is 2.58. The van der Waals surface area contributed by atoms with E-state index in [0.29, 0.717) is 16.9 Å². The first-order chi connectivity index (χ1) is 14.8. The molecule has 158 valence electrons. The van der Waals surface area contributed by atoms with E-state index in [2.05, 4.69) is 5.32 Å². The lowest BCUT2D eigenvalue weighted by atomic mass is 10.1. The molecule has 0 spiro atoms. The van der Waals surface area contributed by atoms with Crippen LogP contribution < -0.4 is 15.1 Å². The molecule has 1 aliphatic rings. The van der Waals surface area contributed by atoms with E-state index in [0.717, 1.165) is 5.69 Å². The van der Waals surface area contributed by atoms with Crippen molar-refractivity contribution in [1.82, 2.24) is 0 Å². The van der Waals surface area contributed by atoms with Crippen LogP contribution in [-0.2, 0) is 19.1 Å². The maximum absolute atomic E-state index is 12.9. The van der Waals surface area contributed by atoms with E-state index in [1.807, 2.05) is 37.2 Å². The molecule has 3 rings (SSSR count). The van der Waals surface area contributed by atoms with E-state index in [1.54, 1.807) is 36.4 Å². The van der Waals surface area contributed by atoms with Gasteiger partial charge in [-0.3, -0.25) is 14.5 Å². The predicted molar refractivity (Wildman–Crippen MR) is 117 cm³/mol. The van der Waals surface area contributed by atoms with Crippen LogP contribution >= 0.6 is 0 Å². The van der Waals surface area contributed by atoms with Crippen molar-refractivity contribution in [1.29, 1.82) is 5.26 Å². The average Bonchev–Trinajstić information content (AvgIpc) is 2.76. The molecular weight excluding hydrogens is 396 g/mol. The Morgan fingerprint density at radius 2 is 1.87 bits per heavy atom. The molecule has 0 saturated carbocycles. The molecule has 0 unspecified atom stereocenters. The number of nitriles is 1. The van der Waals surface area contributed by atoms with E-state index < -0.39 is 18.0 Å². The van der Waals surface area contributed by atoms with Gasteiger partial charge >= 0.3 is 5.97 Å². The summed E-state index contributed by atoms with van der Waals surface area (Å²) in [4.78, 5) is 40.5. The molecule has 2 aromatic rings. The van der Waals surface area contributed by atoms with Crippen LogP contribution in [0.2, 0.25) is 0 Å². The molecular formula is C23H22N4O4. The number of rotatable bonds is 5. The number of hydrogen-bond acceptors (Lipinski definition) is 6. The molecule has 0 saturated heterocycles. The van der Waals surface area contributed by atoms with Crippen molar-refractivity contribution in [3.8, 4) is 6.07 Å². The third-order valence-electron chi connectivity index (χ3n) is 4.73. The van der Waals surface area contributed by atoms with E-state index in [4.69, 9.17) is 4.74 Å². The fourth-order valence-corrected chi connectivity index (χ4v) is 3.10. The second-order valence-corrected chi connectivity index (χ2v) is 7.19. The molecule has 2 aromatic carbocycles. The Labute approximate surface area is 180 Å². The number of hydrogen-bond donors (Lipinski definition) is 1. The number of esters is 1. The number of para-hydroxylation sites is 2. The number of anilines is 3. The third-order valence-corrected chi connectivity index (χ3v) is 4.73. The summed E-state index contributed by atoms with van der Waals surface area (Å²) in [5.41, 5.74) is 2.42. The number of nitrogens with one attached hydrogen (secondary N) is 1. The minimum absolute atomic E-state index is 0.184. The van der Waals surface area contributed by atoms with Gasteiger partial charge in [-0.05, 0) is 42.8 Å². The van der Waals surface area contributed by atoms with Gasteiger partial charge in [-0.1, -0.05) is 24.3 Å². The first-order valence-electron chi connectivity index (χ1n) is 9.60. The third kappa shape index (κ3) is 4.90. The molecule has 1 atom stereocenters. The summed E-state index contributed by atoms with van der Waals surface area (Å²) in [6.07, 6.45) is 0.224. The highest BCUT2D eigenvalue weighted by atomic mass is 16.5. The van der Waals surface area contributed by atoms with Crippen molar-refractivity contribution in [2.24, 2.45) is 0 Å². The summed E-state index contributed by atoms with van der Waals surface area (Å²) >= 11 is 0. The van der Waals surface area contributed by atoms with Gasteiger partial charge in [-0.25, -0.2) is 4.79 Å². The van der Waals surface area contributed by atoms with Gasteiger partial charge in [0.2, 0.25) is 5.91 Å². The van der Waals surface area contributed by atoms with Crippen molar-refractivity contribution in [2.45, 2.75) is 13.0 Å². The summed E-state index contributed by atoms with van der Waals surface area (Å²) in [7, 11) is 3.82. The number of ether oxygens (including phenoxy) is 1. The van der Waals surface area contributed by atoms with Crippen LogP contribution in [0.3, 0.4) is 0 Å². The quantitative estimate of drug-likeness (QED) is 0.455. The Bertz CT molecular complexity index is 1080. The number of amides is 2. The van der Waals surface area contributed by atoms with Gasteiger partial charge in [-0.15, -0.1) is 0 Å². The Kier molecular flexibility index (Phi) is 6.36. The highest BCUT2D eigenvalue weighted by Crippen LogP contribution is 2.29. The zero-order valence-corrected chi connectivity index (χ0v) is 17.5. The lowest BCUT2D eigenvalue weighted by Gasteiger charge is -2.30. The van der Waals surface area contributed by atoms with E-state index in [1.165, 1.54) is 17.9 Å². The van der Waals surface area contributed by atoms with Crippen LogP contribution in [0.15, 0.2) is 54.1 Å². The zero-order chi connectivity index (χ0) is 22.5.